The van der Waals surface area contributed by atoms with E-state index in [2.05, 4.69) is 0 Å². The van der Waals surface area contributed by atoms with E-state index in [1.54, 1.807) is 5.06 Å². The number of hydroxylamine groups is 2. The molecule has 4 nitrogen and oxygen atoms in total. The number of rotatable bonds is 4. The van der Waals surface area contributed by atoms with Crippen LogP contribution in [0.1, 0.15) is 23.6 Å². The molecule has 2 unspecified atom stereocenters. The van der Waals surface area contributed by atoms with Crippen LogP contribution in [0, 0.1) is 0 Å². The summed E-state index contributed by atoms with van der Waals surface area (Å²) < 4.78 is 0. The first-order chi connectivity index (χ1) is 10.2. The maximum Gasteiger partial charge on any atom is 0.335 e. The molecule has 0 bridgehead atoms. The Morgan fingerprint density at radius 3 is 2.33 bits per heavy atom. The van der Waals surface area contributed by atoms with Crippen molar-refractivity contribution < 1.29 is 14.7 Å². The molecule has 1 aliphatic heterocycles. The Morgan fingerprint density at radius 1 is 1.10 bits per heavy atom. The fourth-order valence-electron chi connectivity index (χ4n) is 2.63. The van der Waals surface area contributed by atoms with Gasteiger partial charge in [0.15, 0.2) is 6.10 Å². The van der Waals surface area contributed by atoms with Crippen LogP contribution in [0.25, 0.3) is 0 Å². The van der Waals surface area contributed by atoms with Gasteiger partial charge in [-0.3, -0.25) is 4.84 Å². The van der Waals surface area contributed by atoms with Gasteiger partial charge in [0.25, 0.3) is 0 Å². The zero-order valence-corrected chi connectivity index (χ0v) is 11.6. The second kappa shape index (κ2) is 6.08. The molecular weight excluding hydrogens is 266 g/mol. The van der Waals surface area contributed by atoms with E-state index >= 15 is 0 Å². The van der Waals surface area contributed by atoms with Gasteiger partial charge in [-0.1, -0.05) is 60.7 Å². The third kappa shape index (κ3) is 3.12. The van der Waals surface area contributed by atoms with Crippen LogP contribution in [0.15, 0.2) is 60.7 Å². The molecule has 0 radical (unpaired) electrons. The second-order valence-corrected chi connectivity index (χ2v) is 5.16. The van der Waals surface area contributed by atoms with E-state index in [9.17, 15) is 9.90 Å². The quantitative estimate of drug-likeness (QED) is 0.937. The summed E-state index contributed by atoms with van der Waals surface area (Å²) in [6, 6.07) is 19.8. The number of carboxylic acids is 1. The molecule has 1 saturated heterocycles. The minimum atomic E-state index is -0.911. The van der Waals surface area contributed by atoms with Gasteiger partial charge in [0.2, 0.25) is 0 Å². The molecular formula is C17H17NO3. The molecule has 2 atom stereocenters. The van der Waals surface area contributed by atoms with Crippen LogP contribution in [0.4, 0.5) is 0 Å². The van der Waals surface area contributed by atoms with E-state index in [0.29, 0.717) is 13.0 Å². The smallest absolute Gasteiger partial charge is 0.335 e. The van der Waals surface area contributed by atoms with Gasteiger partial charge in [-0.15, -0.1) is 0 Å². The zero-order chi connectivity index (χ0) is 14.7. The molecule has 3 rings (SSSR count). The number of nitrogens with zero attached hydrogens (tertiary/aromatic N) is 1. The molecule has 1 aliphatic rings. The SMILES string of the molecule is O=C(O)C1CC(c2ccccc2)N(Cc2ccccc2)O1. The summed E-state index contributed by atoms with van der Waals surface area (Å²) in [4.78, 5) is 16.9. The zero-order valence-electron chi connectivity index (χ0n) is 11.6. The van der Waals surface area contributed by atoms with Gasteiger partial charge in [0, 0.05) is 13.0 Å². The first-order valence-electron chi connectivity index (χ1n) is 6.99. The highest BCUT2D eigenvalue weighted by Crippen LogP contribution is 2.35. The molecule has 0 amide bonds. The summed E-state index contributed by atoms with van der Waals surface area (Å²) in [5.74, 6) is -0.911. The molecule has 21 heavy (non-hydrogen) atoms. The Kier molecular flexibility index (Phi) is 3.99. The lowest BCUT2D eigenvalue weighted by Gasteiger charge is -2.22. The minimum Gasteiger partial charge on any atom is -0.479 e. The molecule has 108 valence electrons. The Bertz CT molecular complexity index is 600. The topological polar surface area (TPSA) is 49.8 Å². The third-order valence-corrected chi connectivity index (χ3v) is 3.69. The molecule has 1 N–H and O–H groups in total. The number of benzene rings is 2. The van der Waals surface area contributed by atoms with Gasteiger partial charge >= 0.3 is 5.97 Å². The Labute approximate surface area is 123 Å². The second-order valence-electron chi connectivity index (χ2n) is 5.16. The number of carbonyl (C=O) groups is 1. The number of hydrogen-bond donors (Lipinski definition) is 1. The highest BCUT2D eigenvalue weighted by atomic mass is 16.7. The molecule has 0 aromatic heterocycles. The van der Waals surface area contributed by atoms with Crippen molar-refractivity contribution in [2.75, 3.05) is 0 Å². The number of carboxylic acid groups (broad SMARTS) is 1. The van der Waals surface area contributed by atoms with Crippen molar-refractivity contribution in [3.05, 3.63) is 71.8 Å². The van der Waals surface area contributed by atoms with Crippen molar-refractivity contribution in [2.24, 2.45) is 0 Å². The van der Waals surface area contributed by atoms with Gasteiger partial charge in [-0.2, -0.15) is 5.06 Å². The van der Waals surface area contributed by atoms with E-state index in [1.165, 1.54) is 0 Å². The highest BCUT2D eigenvalue weighted by molar-refractivity contribution is 5.72. The molecule has 0 saturated carbocycles. The van der Waals surface area contributed by atoms with Gasteiger partial charge in [0.1, 0.15) is 0 Å². The maximum absolute atomic E-state index is 11.2. The van der Waals surface area contributed by atoms with E-state index in [1.807, 2.05) is 60.7 Å². The highest BCUT2D eigenvalue weighted by Gasteiger charge is 2.38. The Balaban J connectivity index is 1.83. The first kappa shape index (κ1) is 13.8. The molecule has 2 aromatic carbocycles. The molecule has 2 aromatic rings. The fourth-order valence-corrected chi connectivity index (χ4v) is 2.63. The molecule has 1 heterocycles. The van der Waals surface area contributed by atoms with Crippen molar-refractivity contribution in [1.82, 2.24) is 5.06 Å². The summed E-state index contributed by atoms with van der Waals surface area (Å²) in [6.07, 6.45) is -0.314. The van der Waals surface area contributed by atoms with Crippen molar-refractivity contribution in [1.29, 1.82) is 0 Å². The lowest BCUT2D eigenvalue weighted by Crippen LogP contribution is -2.24. The number of hydrogen-bond acceptors (Lipinski definition) is 3. The van der Waals surface area contributed by atoms with Crippen molar-refractivity contribution >= 4 is 5.97 Å². The van der Waals surface area contributed by atoms with Crippen molar-refractivity contribution in [2.45, 2.75) is 25.1 Å². The average Bonchev–Trinajstić information content (AvgIpc) is 2.93. The normalized spacial score (nSPS) is 22.3. The van der Waals surface area contributed by atoms with Gasteiger partial charge < -0.3 is 5.11 Å². The Morgan fingerprint density at radius 2 is 1.71 bits per heavy atom. The molecule has 1 fully saturated rings. The van der Waals surface area contributed by atoms with Crippen LogP contribution in [-0.4, -0.2) is 22.2 Å². The van der Waals surface area contributed by atoms with E-state index in [0.717, 1.165) is 11.1 Å². The summed E-state index contributed by atoms with van der Waals surface area (Å²) in [7, 11) is 0. The number of aliphatic carboxylic acids is 1. The van der Waals surface area contributed by atoms with Crippen molar-refractivity contribution in [3.63, 3.8) is 0 Å². The Hall–Kier alpha value is -2.17. The van der Waals surface area contributed by atoms with Crippen LogP contribution in [-0.2, 0) is 16.2 Å². The molecule has 0 aliphatic carbocycles. The van der Waals surface area contributed by atoms with E-state index < -0.39 is 12.1 Å². The van der Waals surface area contributed by atoms with Crippen LogP contribution >= 0.6 is 0 Å². The fraction of sp³-hybridized carbons (Fsp3) is 0.235. The molecule has 0 spiro atoms. The summed E-state index contributed by atoms with van der Waals surface area (Å²) >= 11 is 0. The van der Waals surface area contributed by atoms with Crippen molar-refractivity contribution in [3.8, 4) is 0 Å². The lowest BCUT2D eigenvalue weighted by atomic mass is 10.0. The first-order valence-corrected chi connectivity index (χ1v) is 6.99. The monoisotopic (exact) mass is 283 g/mol. The largest absolute Gasteiger partial charge is 0.479 e. The van der Waals surface area contributed by atoms with E-state index in [-0.39, 0.29) is 6.04 Å². The van der Waals surface area contributed by atoms with Gasteiger partial charge in [-0.05, 0) is 11.1 Å². The van der Waals surface area contributed by atoms with Gasteiger partial charge in [0.05, 0.1) is 6.04 Å². The minimum absolute atomic E-state index is 0.0347. The summed E-state index contributed by atoms with van der Waals surface area (Å²) in [5, 5.41) is 11.0. The van der Waals surface area contributed by atoms with E-state index in [4.69, 9.17) is 4.84 Å². The predicted molar refractivity (Wildman–Crippen MR) is 78.3 cm³/mol. The molecule has 4 heteroatoms. The van der Waals surface area contributed by atoms with Crippen LogP contribution in [0.2, 0.25) is 0 Å². The summed E-state index contributed by atoms with van der Waals surface area (Å²) in [5.41, 5.74) is 2.18. The van der Waals surface area contributed by atoms with Crippen LogP contribution in [0.3, 0.4) is 0 Å². The van der Waals surface area contributed by atoms with Gasteiger partial charge in [-0.25, -0.2) is 4.79 Å². The predicted octanol–water partition coefficient (Wildman–Crippen LogP) is 3.02. The lowest BCUT2D eigenvalue weighted by molar-refractivity contribution is -0.189. The third-order valence-electron chi connectivity index (χ3n) is 3.69. The maximum atomic E-state index is 11.2. The van der Waals surface area contributed by atoms with Crippen LogP contribution in [0.5, 0.6) is 0 Å². The standard InChI is InChI=1S/C17H17NO3/c19-17(20)16-11-15(14-9-5-2-6-10-14)18(21-16)12-13-7-3-1-4-8-13/h1-10,15-16H,11-12H2,(H,19,20). The van der Waals surface area contributed by atoms with Crippen LogP contribution < -0.4 is 0 Å². The summed E-state index contributed by atoms with van der Waals surface area (Å²) in [6.45, 7) is 0.574. The average molecular weight is 283 g/mol.